The van der Waals surface area contributed by atoms with Gasteiger partial charge in [-0.2, -0.15) is 0 Å². The minimum Gasteiger partial charge on any atom is -0.506 e. The molecule has 0 saturated heterocycles. The fourth-order valence-corrected chi connectivity index (χ4v) is 2.06. The lowest BCUT2D eigenvalue weighted by molar-refractivity contribution is 0.175. The summed E-state index contributed by atoms with van der Waals surface area (Å²) in [6.45, 7) is 3.03. The molecule has 2 N–H and O–H groups in total. The number of hydrogen-bond donors (Lipinski definition) is 2. The van der Waals surface area contributed by atoms with E-state index in [-0.39, 0.29) is 5.75 Å². The quantitative estimate of drug-likeness (QED) is 0.794. The van der Waals surface area contributed by atoms with Gasteiger partial charge < -0.3 is 10.4 Å². The van der Waals surface area contributed by atoms with Crippen molar-refractivity contribution in [1.82, 2.24) is 10.3 Å². The van der Waals surface area contributed by atoms with Gasteiger partial charge in [-0.25, -0.2) is 0 Å². The standard InChI is InChI=1S/C12H18N2O/c1-2-12(6-3-7-12)14-8-10-4-5-11(15)9-13-10/h4-5,9,14-15H,2-3,6-8H2,1H3. The van der Waals surface area contributed by atoms with Gasteiger partial charge in [-0.1, -0.05) is 6.92 Å². The minimum atomic E-state index is 0.229. The Bertz CT molecular complexity index is 311. The third-order valence-electron chi connectivity index (χ3n) is 3.44. The van der Waals surface area contributed by atoms with Gasteiger partial charge in [0.25, 0.3) is 0 Å². The van der Waals surface area contributed by atoms with Crippen molar-refractivity contribution < 1.29 is 5.11 Å². The van der Waals surface area contributed by atoms with E-state index in [2.05, 4.69) is 17.2 Å². The number of hydrogen-bond acceptors (Lipinski definition) is 3. The van der Waals surface area contributed by atoms with Gasteiger partial charge in [0.05, 0.1) is 11.9 Å². The highest BCUT2D eigenvalue weighted by atomic mass is 16.3. The van der Waals surface area contributed by atoms with Gasteiger partial charge >= 0.3 is 0 Å². The fraction of sp³-hybridized carbons (Fsp3) is 0.583. The molecule has 3 heteroatoms. The first kappa shape index (κ1) is 10.4. The van der Waals surface area contributed by atoms with Crippen molar-refractivity contribution in [2.45, 2.75) is 44.7 Å². The van der Waals surface area contributed by atoms with Crippen LogP contribution in [-0.2, 0) is 6.54 Å². The predicted molar refractivity (Wildman–Crippen MR) is 59.6 cm³/mol. The largest absolute Gasteiger partial charge is 0.506 e. The summed E-state index contributed by atoms with van der Waals surface area (Å²) in [5.74, 6) is 0.229. The third-order valence-corrected chi connectivity index (χ3v) is 3.44. The van der Waals surface area contributed by atoms with Crippen LogP contribution < -0.4 is 5.32 Å². The number of aromatic hydroxyl groups is 1. The van der Waals surface area contributed by atoms with Crippen LogP contribution in [0.5, 0.6) is 5.75 Å². The average molecular weight is 206 g/mol. The van der Waals surface area contributed by atoms with E-state index >= 15 is 0 Å². The fourth-order valence-electron chi connectivity index (χ4n) is 2.06. The van der Waals surface area contributed by atoms with Crippen molar-refractivity contribution in [1.29, 1.82) is 0 Å². The van der Waals surface area contributed by atoms with Crippen LogP contribution in [0.2, 0.25) is 0 Å². The maximum atomic E-state index is 9.11. The van der Waals surface area contributed by atoms with Crippen LogP contribution in [-0.4, -0.2) is 15.6 Å². The van der Waals surface area contributed by atoms with E-state index in [0.717, 1.165) is 12.2 Å². The van der Waals surface area contributed by atoms with Crippen LogP contribution in [0.1, 0.15) is 38.3 Å². The molecule has 1 aromatic heterocycles. The Hall–Kier alpha value is -1.09. The highest BCUT2D eigenvalue weighted by Crippen LogP contribution is 2.34. The molecule has 0 bridgehead atoms. The molecular formula is C12H18N2O. The summed E-state index contributed by atoms with van der Waals surface area (Å²) in [5, 5.41) is 12.7. The number of aromatic nitrogens is 1. The molecule has 1 heterocycles. The molecule has 0 amide bonds. The maximum Gasteiger partial charge on any atom is 0.133 e. The summed E-state index contributed by atoms with van der Waals surface area (Å²) in [7, 11) is 0. The van der Waals surface area contributed by atoms with Crippen LogP contribution in [0.4, 0.5) is 0 Å². The molecule has 1 aliphatic rings. The number of rotatable bonds is 4. The Balaban J connectivity index is 1.90. The SMILES string of the molecule is CCC1(NCc2ccc(O)cn2)CCC1. The Kier molecular flexibility index (Phi) is 2.91. The molecule has 0 spiro atoms. The number of nitrogens with zero attached hydrogens (tertiary/aromatic N) is 1. The lowest BCUT2D eigenvalue weighted by atomic mass is 9.75. The van der Waals surface area contributed by atoms with Crippen LogP contribution in [0.25, 0.3) is 0 Å². The Labute approximate surface area is 90.5 Å². The van der Waals surface area contributed by atoms with Gasteiger partial charge in [-0.3, -0.25) is 4.98 Å². The smallest absolute Gasteiger partial charge is 0.133 e. The Morgan fingerprint density at radius 1 is 1.47 bits per heavy atom. The second-order valence-electron chi connectivity index (χ2n) is 4.35. The summed E-state index contributed by atoms with van der Waals surface area (Å²) in [6, 6.07) is 3.55. The van der Waals surface area contributed by atoms with Crippen molar-refractivity contribution in [2.24, 2.45) is 0 Å². The van der Waals surface area contributed by atoms with Gasteiger partial charge in [0, 0.05) is 12.1 Å². The Morgan fingerprint density at radius 2 is 2.27 bits per heavy atom. The monoisotopic (exact) mass is 206 g/mol. The van der Waals surface area contributed by atoms with E-state index in [4.69, 9.17) is 5.11 Å². The molecule has 0 aliphatic heterocycles. The number of nitrogens with one attached hydrogen (secondary N) is 1. The number of pyridine rings is 1. The van der Waals surface area contributed by atoms with Gasteiger partial charge in [-0.05, 0) is 37.8 Å². The topological polar surface area (TPSA) is 45.1 Å². The van der Waals surface area contributed by atoms with Crippen molar-refractivity contribution in [2.75, 3.05) is 0 Å². The average Bonchev–Trinajstić information content (AvgIpc) is 2.20. The second kappa shape index (κ2) is 4.19. The molecule has 15 heavy (non-hydrogen) atoms. The molecule has 1 saturated carbocycles. The van der Waals surface area contributed by atoms with E-state index in [1.165, 1.54) is 31.9 Å². The molecular weight excluding hydrogens is 188 g/mol. The summed E-state index contributed by atoms with van der Waals surface area (Å²) in [6.07, 6.45) is 6.58. The van der Waals surface area contributed by atoms with Crippen molar-refractivity contribution in [3.63, 3.8) is 0 Å². The second-order valence-corrected chi connectivity index (χ2v) is 4.35. The first-order valence-corrected chi connectivity index (χ1v) is 5.63. The zero-order chi connectivity index (χ0) is 10.7. The van der Waals surface area contributed by atoms with Crippen molar-refractivity contribution in [3.05, 3.63) is 24.0 Å². The van der Waals surface area contributed by atoms with Crippen LogP contribution >= 0.6 is 0 Å². The highest BCUT2D eigenvalue weighted by Gasteiger charge is 2.34. The zero-order valence-electron chi connectivity index (χ0n) is 9.16. The lowest BCUT2D eigenvalue weighted by Crippen LogP contribution is -2.49. The van der Waals surface area contributed by atoms with E-state index in [0.29, 0.717) is 5.54 Å². The van der Waals surface area contributed by atoms with E-state index in [1.807, 2.05) is 6.07 Å². The predicted octanol–water partition coefficient (Wildman–Crippen LogP) is 2.21. The van der Waals surface area contributed by atoms with Gasteiger partial charge in [0.15, 0.2) is 0 Å². The highest BCUT2D eigenvalue weighted by molar-refractivity contribution is 5.18. The molecule has 82 valence electrons. The van der Waals surface area contributed by atoms with Crippen molar-refractivity contribution in [3.8, 4) is 5.75 Å². The van der Waals surface area contributed by atoms with E-state index in [9.17, 15) is 0 Å². The summed E-state index contributed by atoms with van der Waals surface area (Å²) in [4.78, 5) is 4.16. The molecule has 1 aromatic rings. The zero-order valence-corrected chi connectivity index (χ0v) is 9.16. The molecule has 0 aromatic carbocycles. The van der Waals surface area contributed by atoms with Crippen molar-refractivity contribution >= 4 is 0 Å². The van der Waals surface area contributed by atoms with Crippen LogP contribution in [0.15, 0.2) is 18.3 Å². The summed E-state index contributed by atoms with van der Waals surface area (Å²) in [5.41, 5.74) is 1.35. The molecule has 0 atom stereocenters. The third kappa shape index (κ3) is 2.29. The lowest BCUT2D eigenvalue weighted by Gasteiger charge is -2.42. The summed E-state index contributed by atoms with van der Waals surface area (Å²) < 4.78 is 0. The molecule has 1 fully saturated rings. The molecule has 1 aliphatic carbocycles. The maximum absolute atomic E-state index is 9.11. The molecule has 0 radical (unpaired) electrons. The first-order valence-electron chi connectivity index (χ1n) is 5.63. The Morgan fingerprint density at radius 3 is 2.73 bits per heavy atom. The van der Waals surface area contributed by atoms with Crippen LogP contribution in [0.3, 0.4) is 0 Å². The minimum absolute atomic E-state index is 0.229. The van der Waals surface area contributed by atoms with E-state index < -0.39 is 0 Å². The van der Waals surface area contributed by atoms with E-state index in [1.54, 1.807) is 6.07 Å². The summed E-state index contributed by atoms with van der Waals surface area (Å²) >= 11 is 0. The molecule has 0 unspecified atom stereocenters. The first-order chi connectivity index (χ1) is 7.24. The van der Waals surface area contributed by atoms with Gasteiger partial charge in [0.1, 0.15) is 5.75 Å². The molecule has 2 rings (SSSR count). The van der Waals surface area contributed by atoms with Gasteiger partial charge in [-0.15, -0.1) is 0 Å². The van der Waals surface area contributed by atoms with Crippen LogP contribution in [0, 0.1) is 0 Å². The van der Waals surface area contributed by atoms with Gasteiger partial charge in [0.2, 0.25) is 0 Å². The normalized spacial score (nSPS) is 18.5. The molecule has 3 nitrogen and oxygen atoms in total.